The lowest BCUT2D eigenvalue weighted by Crippen LogP contribution is -2.31. The molecule has 0 aromatic heterocycles. The lowest BCUT2D eigenvalue weighted by atomic mass is 9.83. The lowest BCUT2D eigenvalue weighted by molar-refractivity contribution is -0.115. The molecule has 3 heteroatoms. The average molecular weight is 274 g/mol. The van der Waals surface area contributed by atoms with Crippen molar-refractivity contribution in [2.45, 2.75) is 58.4 Å². The summed E-state index contributed by atoms with van der Waals surface area (Å²) in [6, 6.07) is 8.67. The second-order valence-corrected chi connectivity index (χ2v) is 5.68. The van der Waals surface area contributed by atoms with E-state index in [4.69, 9.17) is 0 Å². The highest BCUT2D eigenvalue weighted by Gasteiger charge is 2.23. The average Bonchev–Trinajstić information content (AvgIpc) is 2.49. The number of hydrogen-bond donors (Lipinski definition) is 2. The van der Waals surface area contributed by atoms with Gasteiger partial charge in [0.1, 0.15) is 0 Å². The molecular weight excluding hydrogens is 248 g/mol. The van der Waals surface area contributed by atoms with Crippen molar-refractivity contribution in [1.29, 1.82) is 0 Å². The van der Waals surface area contributed by atoms with Crippen LogP contribution in [0.5, 0.6) is 0 Å². The Kier molecular flexibility index (Phi) is 5.45. The standard InChI is InChI=1S/C17H26N2O/c1-3-13-7-5-6-8-16(13)18-14-9-11-15(12-10-14)19-17(20)4-2/h9-13,16,18H,3-8H2,1-2H3,(H,19,20). The van der Waals surface area contributed by atoms with Crippen LogP contribution in [0.25, 0.3) is 0 Å². The van der Waals surface area contributed by atoms with Gasteiger partial charge in [-0.25, -0.2) is 0 Å². The van der Waals surface area contributed by atoms with Gasteiger partial charge in [-0.3, -0.25) is 4.79 Å². The fourth-order valence-electron chi connectivity index (χ4n) is 3.00. The predicted molar refractivity (Wildman–Crippen MR) is 85.0 cm³/mol. The minimum absolute atomic E-state index is 0.0593. The molecule has 110 valence electrons. The van der Waals surface area contributed by atoms with Gasteiger partial charge in [0.25, 0.3) is 0 Å². The maximum absolute atomic E-state index is 11.3. The number of benzene rings is 1. The molecule has 1 saturated carbocycles. The van der Waals surface area contributed by atoms with E-state index in [-0.39, 0.29) is 5.91 Å². The van der Waals surface area contributed by atoms with E-state index in [0.717, 1.165) is 17.3 Å². The summed E-state index contributed by atoms with van der Waals surface area (Å²) in [4.78, 5) is 11.3. The molecule has 2 atom stereocenters. The van der Waals surface area contributed by atoms with Crippen molar-refractivity contribution in [2.24, 2.45) is 5.92 Å². The number of anilines is 2. The molecule has 1 aromatic carbocycles. The molecule has 1 aromatic rings. The van der Waals surface area contributed by atoms with Gasteiger partial charge >= 0.3 is 0 Å². The van der Waals surface area contributed by atoms with Gasteiger partial charge in [0, 0.05) is 23.8 Å². The van der Waals surface area contributed by atoms with Crippen LogP contribution in [0.15, 0.2) is 24.3 Å². The molecule has 1 aliphatic rings. The first kappa shape index (κ1) is 14.9. The third-order valence-electron chi connectivity index (χ3n) is 4.28. The summed E-state index contributed by atoms with van der Waals surface area (Å²) < 4.78 is 0. The van der Waals surface area contributed by atoms with Crippen molar-refractivity contribution < 1.29 is 4.79 Å². The van der Waals surface area contributed by atoms with Crippen LogP contribution in [0.2, 0.25) is 0 Å². The fourth-order valence-corrected chi connectivity index (χ4v) is 3.00. The third kappa shape index (κ3) is 3.99. The SMILES string of the molecule is CCC(=O)Nc1ccc(NC2CCCCC2CC)cc1. The van der Waals surface area contributed by atoms with Crippen molar-refractivity contribution in [2.75, 3.05) is 10.6 Å². The monoisotopic (exact) mass is 274 g/mol. The Bertz CT molecular complexity index is 427. The summed E-state index contributed by atoms with van der Waals surface area (Å²) in [5.74, 6) is 0.854. The maximum atomic E-state index is 11.3. The van der Waals surface area contributed by atoms with Gasteiger partial charge in [-0.1, -0.05) is 33.1 Å². The summed E-state index contributed by atoms with van der Waals surface area (Å²) in [6.45, 7) is 4.15. The predicted octanol–water partition coefficient (Wildman–Crippen LogP) is 4.42. The van der Waals surface area contributed by atoms with Crippen LogP contribution in [0.3, 0.4) is 0 Å². The summed E-state index contributed by atoms with van der Waals surface area (Å²) in [6.07, 6.45) is 7.09. The molecule has 0 aliphatic heterocycles. The van der Waals surface area contributed by atoms with E-state index in [1.54, 1.807) is 0 Å². The summed E-state index contributed by atoms with van der Waals surface area (Å²) in [5, 5.41) is 6.54. The molecule has 0 heterocycles. The van der Waals surface area contributed by atoms with E-state index >= 15 is 0 Å². The van der Waals surface area contributed by atoms with Crippen molar-refractivity contribution in [1.82, 2.24) is 0 Å². The molecule has 2 unspecified atom stereocenters. The van der Waals surface area contributed by atoms with E-state index in [9.17, 15) is 4.79 Å². The Labute approximate surface area is 122 Å². The van der Waals surface area contributed by atoms with Crippen molar-refractivity contribution in [3.63, 3.8) is 0 Å². The third-order valence-corrected chi connectivity index (χ3v) is 4.28. The molecule has 3 nitrogen and oxygen atoms in total. The quantitative estimate of drug-likeness (QED) is 0.834. The van der Waals surface area contributed by atoms with Crippen LogP contribution in [0.4, 0.5) is 11.4 Å². The van der Waals surface area contributed by atoms with E-state index < -0.39 is 0 Å². The zero-order chi connectivity index (χ0) is 14.4. The maximum Gasteiger partial charge on any atom is 0.224 e. The number of amides is 1. The van der Waals surface area contributed by atoms with Crippen LogP contribution in [-0.4, -0.2) is 11.9 Å². The molecule has 0 radical (unpaired) electrons. The first-order valence-electron chi connectivity index (χ1n) is 7.89. The molecule has 0 bridgehead atoms. The molecule has 0 saturated heterocycles. The molecule has 20 heavy (non-hydrogen) atoms. The van der Waals surface area contributed by atoms with E-state index in [0.29, 0.717) is 12.5 Å². The number of hydrogen-bond acceptors (Lipinski definition) is 2. The van der Waals surface area contributed by atoms with Crippen molar-refractivity contribution in [3.05, 3.63) is 24.3 Å². The molecule has 0 spiro atoms. The Morgan fingerprint density at radius 2 is 1.75 bits per heavy atom. The zero-order valence-corrected chi connectivity index (χ0v) is 12.6. The first-order valence-corrected chi connectivity index (χ1v) is 7.89. The van der Waals surface area contributed by atoms with Gasteiger partial charge in [-0.2, -0.15) is 0 Å². The summed E-state index contributed by atoms with van der Waals surface area (Å²) in [7, 11) is 0. The minimum Gasteiger partial charge on any atom is -0.382 e. The Hall–Kier alpha value is -1.51. The normalized spacial score (nSPS) is 22.3. The largest absolute Gasteiger partial charge is 0.382 e. The highest BCUT2D eigenvalue weighted by molar-refractivity contribution is 5.90. The highest BCUT2D eigenvalue weighted by atomic mass is 16.1. The molecule has 1 amide bonds. The van der Waals surface area contributed by atoms with Crippen LogP contribution >= 0.6 is 0 Å². The molecule has 2 rings (SSSR count). The Balaban J connectivity index is 1.94. The molecule has 2 N–H and O–H groups in total. The van der Waals surface area contributed by atoms with Crippen LogP contribution < -0.4 is 10.6 Å². The van der Waals surface area contributed by atoms with Gasteiger partial charge in [-0.05, 0) is 43.0 Å². The van der Waals surface area contributed by atoms with Crippen LogP contribution in [0.1, 0.15) is 52.4 Å². The van der Waals surface area contributed by atoms with Gasteiger partial charge < -0.3 is 10.6 Å². The van der Waals surface area contributed by atoms with Gasteiger partial charge in [0.2, 0.25) is 5.91 Å². The number of carbonyl (C=O) groups is 1. The zero-order valence-electron chi connectivity index (χ0n) is 12.6. The van der Waals surface area contributed by atoms with Crippen LogP contribution in [-0.2, 0) is 4.79 Å². The Morgan fingerprint density at radius 3 is 2.40 bits per heavy atom. The molecular formula is C17H26N2O. The Morgan fingerprint density at radius 1 is 1.10 bits per heavy atom. The topological polar surface area (TPSA) is 41.1 Å². The van der Waals surface area contributed by atoms with E-state index in [2.05, 4.69) is 29.7 Å². The smallest absolute Gasteiger partial charge is 0.224 e. The van der Waals surface area contributed by atoms with Gasteiger partial charge in [-0.15, -0.1) is 0 Å². The first-order chi connectivity index (χ1) is 9.72. The summed E-state index contributed by atoms with van der Waals surface area (Å²) >= 11 is 0. The highest BCUT2D eigenvalue weighted by Crippen LogP contribution is 2.29. The second kappa shape index (κ2) is 7.32. The van der Waals surface area contributed by atoms with E-state index in [1.807, 2.05) is 19.1 Å². The van der Waals surface area contributed by atoms with Crippen molar-refractivity contribution in [3.8, 4) is 0 Å². The molecule has 1 aliphatic carbocycles. The summed E-state index contributed by atoms with van der Waals surface area (Å²) in [5.41, 5.74) is 2.03. The number of nitrogens with one attached hydrogen (secondary N) is 2. The number of carbonyl (C=O) groups excluding carboxylic acids is 1. The second-order valence-electron chi connectivity index (χ2n) is 5.68. The molecule has 1 fully saturated rings. The van der Waals surface area contributed by atoms with E-state index in [1.165, 1.54) is 32.1 Å². The van der Waals surface area contributed by atoms with Gasteiger partial charge in [0.15, 0.2) is 0 Å². The van der Waals surface area contributed by atoms with Gasteiger partial charge in [0.05, 0.1) is 0 Å². The number of rotatable bonds is 5. The van der Waals surface area contributed by atoms with Crippen molar-refractivity contribution >= 4 is 17.3 Å². The lowest BCUT2D eigenvalue weighted by Gasteiger charge is -2.32. The fraction of sp³-hybridized carbons (Fsp3) is 0.588. The minimum atomic E-state index is 0.0593. The van der Waals surface area contributed by atoms with Crippen LogP contribution in [0, 0.1) is 5.92 Å².